The molecule has 138 valence electrons. The van der Waals surface area contributed by atoms with Gasteiger partial charge in [-0.05, 0) is 17.7 Å². The minimum atomic E-state index is -0.962. The number of carbonyl (C=O) groups excluding carboxylic acids is 2. The zero-order valence-corrected chi connectivity index (χ0v) is 15.2. The van der Waals surface area contributed by atoms with Crippen LogP contribution in [0.4, 0.5) is 4.79 Å². The first kappa shape index (κ1) is 19.4. The van der Waals surface area contributed by atoms with E-state index in [1.807, 2.05) is 48.5 Å². The van der Waals surface area contributed by atoms with Gasteiger partial charge in [0.1, 0.15) is 0 Å². The van der Waals surface area contributed by atoms with E-state index in [1.165, 1.54) is 6.92 Å². The van der Waals surface area contributed by atoms with Crippen molar-refractivity contribution in [3.05, 3.63) is 66.0 Å². The van der Waals surface area contributed by atoms with Crippen LogP contribution in [0.25, 0.3) is 0 Å². The predicted octanol–water partition coefficient (Wildman–Crippen LogP) is 3.64. The van der Waals surface area contributed by atoms with Crippen LogP contribution in [0.5, 0.6) is 0 Å². The molecule has 6 nitrogen and oxygen atoms in total. The maximum atomic E-state index is 12.2. The maximum absolute atomic E-state index is 12.2. The van der Waals surface area contributed by atoms with Crippen molar-refractivity contribution in [2.24, 2.45) is 5.92 Å². The number of ether oxygens (including phenoxy) is 2. The third-order valence-corrected chi connectivity index (χ3v) is 3.66. The Morgan fingerprint density at radius 3 is 2.31 bits per heavy atom. The lowest BCUT2D eigenvalue weighted by molar-refractivity contribution is -0.168. The van der Waals surface area contributed by atoms with Gasteiger partial charge in [0.25, 0.3) is 0 Å². The lowest BCUT2D eigenvalue weighted by Gasteiger charge is -2.21. The van der Waals surface area contributed by atoms with Crippen molar-refractivity contribution >= 4 is 12.1 Å². The van der Waals surface area contributed by atoms with Gasteiger partial charge in [0, 0.05) is 25.2 Å². The third kappa shape index (κ3) is 6.20. The zero-order chi connectivity index (χ0) is 18.9. The van der Waals surface area contributed by atoms with Crippen LogP contribution in [0, 0.1) is 5.92 Å². The highest BCUT2D eigenvalue weighted by molar-refractivity contribution is 5.72. The molecule has 0 aliphatic carbocycles. The first-order valence-electron chi connectivity index (χ1n) is 8.58. The number of esters is 1. The molecule has 1 aromatic carbocycles. The van der Waals surface area contributed by atoms with Crippen molar-refractivity contribution in [3.8, 4) is 0 Å². The average Bonchev–Trinajstić information content (AvgIpc) is 2.62. The molecule has 0 spiro atoms. The Kier molecular flexibility index (Phi) is 7.14. The molecule has 0 bridgehead atoms. The molecule has 2 atom stereocenters. The second-order valence-corrected chi connectivity index (χ2v) is 6.20. The summed E-state index contributed by atoms with van der Waals surface area (Å²) in [7, 11) is 0. The van der Waals surface area contributed by atoms with Gasteiger partial charge in [-0.2, -0.15) is 0 Å². The van der Waals surface area contributed by atoms with Crippen molar-refractivity contribution < 1.29 is 19.1 Å². The third-order valence-electron chi connectivity index (χ3n) is 3.66. The van der Waals surface area contributed by atoms with Gasteiger partial charge < -0.3 is 14.8 Å². The van der Waals surface area contributed by atoms with Crippen LogP contribution in [0.3, 0.4) is 0 Å². The molecule has 0 aliphatic rings. The summed E-state index contributed by atoms with van der Waals surface area (Å²) in [6.45, 7) is 4.94. The molecule has 2 rings (SSSR count). The SMILES string of the molecule is CC(OC(=O)NC(Cc1ccccn1)c1ccccc1)OC(=O)C(C)C. The van der Waals surface area contributed by atoms with E-state index in [0.29, 0.717) is 6.42 Å². The zero-order valence-electron chi connectivity index (χ0n) is 15.2. The quantitative estimate of drug-likeness (QED) is 0.605. The van der Waals surface area contributed by atoms with Gasteiger partial charge in [-0.15, -0.1) is 0 Å². The molecular weight excluding hydrogens is 332 g/mol. The Morgan fingerprint density at radius 2 is 1.69 bits per heavy atom. The number of pyridine rings is 1. The van der Waals surface area contributed by atoms with Gasteiger partial charge >= 0.3 is 12.1 Å². The molecule has 0 aliphatic heterocycles. The summed E-state index contributed by atoms with van der Waals surface area (Å²) in [5, 5.41) is 2.82. The lowest BCUT2D eigenvalue weighted by Crippen LogP contribution is -2.34. The largest absolute Gasteiger partial charge is 0.425 e. The maximum Gasteiger partial charge on any atom is 0.410 e. The number of nitrogens with zero attached hydrogens (tertiary/aromatic N) is 1. The molecule has 1 heterocycles. The number of nitrogens with one attached hydrogen (secondary N) is 1. The van der Waals surface area contributed by atoms with E-state index in [1.54, 1.807) is 20.0 Å². The highest BCUT2D eigenvalue weighted by Crippen LogP contribution is 2.18. The Bertz CT molecular complexity index is 704. The van der Waals surface area contributed by atoms with Crippen molar-refractivity contribution in [3.63, 3.8) is 0 Å². The standard InChI is InChI=1S/C20H24N2O4/c1-14(2)19(23)25-15(3)26-20(24)22-18(16-9-5-4-6-10-16)13-17-11-7-8-12-21-17/h4-12,14-15,18H,13H2,1-3H3,(H,22,24). The van der Waals surface area contributed by atoms with Crippen LogP contribution in [-0.2, 0) is 20.7 Å². The monoisotopic (exact) mass is 356 g/mol. The van der Waals surface area contributed by atoms with Crippen molar-refractivity contribution in [2.45, 2.75) is 39.5 Å². The number of rotatable bonds is 7. The van der Waals surface area contributed by atoms with Crippen LogP contribution in [0.2, 0.25) is 0 Å². The highest BCUT2D eigenvalue weighted by atomic mass is 16.7. The first-order chi connectivity index (χ1) is 12.5. The summed E-state index contributed by atoms with van der Waals surface area (Å²) >= 11 is 0. The smallest absolute Gasteiger partial charge is 0.410 e. The Labute approximate surface area is 153 Å². The van der Waals surface area contributed by atoms with Crippen molar-refractivity contribution in [2.75, 3.05) is 0 Å². The van der Waals surface area contributed by atoms with E-state index in [2.05, 4.69) is 10.3 Å². The van der Waals surface area contributed by atoms with E-state index >= 15 is 0 Å². The summed E-state index contributed by atoms with van der Waals surface area (Å²) in [5.41, 5.74) is 1.78. The Balaban J connectivity index is 2.02. The van der Waals surface area contributed by atoms with Crippen LogP contribution < -0.4 is 5.32 Å². The second-order valence-electron chi connectivity index (χ2n) is 6.20. The fraction of sp³-hybridized carbons (Fsp3) is 0.350. The van der Waals surface area contributed by atoms with Gasteiger partial charge in [-0.1, -0.05) is 50.2 Å². The highest BCUT2D eigenvalue weighted by Gasteiger charge is 2.20. The molecule has 1 N–H and O–H groups in total. The molecule has 0 saturated heterocycles. The molecular formula is C20H24N2O4. The van der Waals surface area contributed by atoms with Gasteiger partial charge in [-0.25, -0.2) is 4.79 Å². The minimum Gasteiger partial charge on any atom is -0.425 e. The number of alkyl carbamates (subject to hydrolysis) is 1. The van der Waals surface area contributed by atoms with Gasteiger partial charge in [0.05, 0.1) is 12.0 Å². The van der Waals surface area contributed by atoms with Crippen LogP contribution in [0.15, 0.2) is 54.7 Å². The molecule has 0 saturated carbocycles. The van der Waals surface area contributed by atoms with Crippen molar-refractivity contribution in [1.29, 1.82) is 0 Å². The van der Waals surface area contributed by atoms with E-state index in [-0.39, 0.29) is 12.0 Å². The Morgan fingerprint density at radius 1 is 1.00 bits per heavy atom. The van der Waals surface area contributed by atoms with E-state index in [4.69, 9.17) is 9.47 Å². The second kappa shape index (κ2) is 9.56. The van der Waals surface area contributed by atoms with E-state index in [0.717, 1.165) is 11.3 Å². The number of benzene rings is 1. The fourth-order valence-corrected chi connectivity index (χ4v) is 2.32. The van der Waals surface area contributed by atoms with Gasteiger partial charge in [0.2, 0.25) is 6.29 Å². The van der Waals surface area contributed by atoms with Gasteiger partial charge in [-0.3, -0.25) is 9.78 Å². The topological polar surface area (TPSA) is 77.5 Å². The molecule has 1 aromatic heterocycles. The number of carbonyl (C=O) groups is 2. The fourth-order valence-electron chi connectivity index (χ4n) is 2.32. The molecule has 0 fully saturated rings. The normalized spacial score (nSPS) is 12.9. The molecule has 2 aromatic rings. The summed E-state index contributed by atoms with van der Waals surface area (Å²) < 4.78 is 10.2. The van der Waals surface area contributed by atoms with Crippen molar-refractivity contribution in [1.82, 2.24) is 10.3 Å². The number of amides is 1. The Hall–Kier alpha value is -2.89. The average molecular weight is 356 g/mol. The number of hydrogen-bond donors (Lipinski definition) is 1. The summed E-state index contributed by atoms with van der Waals surface area (Å²) in [6.07, 6.45) is 0.610. The number of hydrogen-bond acceptors (Lipinski definition) is 5. The molecule has 6 heteroatoms. The molecule has 1 amide bonds. The van der Waals surface area contributed by atoms with Crippen LogP contribution in [0.1, 0.15) is 38.1 Å². The van der Waals surface area contributed by atoms with Crippen LogP contribution in [-0.4, -0.2) is 23.3 Å². The molecule has 0 radical (unpaired) electrons. The summed E-state index contributed by atoms with van der Waals surface area (Å²) in [5.74, 6) is -0.705. The first-order valence-corrected chi connectivity index (χ1v) is 8.58. The van der Waals surface area contributed by atoms with Crippen LogP contribution >= 0.6 is 0 Å². The predicted molar refractivity (Wildman–Crippen MR) is 97.1 cm³/mol. The lowest BCUT2D eigenvalue weighted by atomic mass is 10.0. The molecule has 26 heavy (non-hydrogen) atoms. The van der Waals surface area contributed by atoms with Gasteiger partial charge in [0.15, 0.2) is 0 Å². The summed E-state index contributed by atoms with van der Waals surface area (Å²) in [6, 6.07) is 14.9. The van der Waals surface area contributed by atoms with E-state index in [9.17, 15) is 9.59 Å². The minimum absolute atomic E-state index is 0.287. The number of aromatic nitrogens is 1. The van der Waals surface area contributed by atoms with E-state index < -0.39 is 18.4 Å². The molecule has 2 unspecified atom stereocenters. The summed E-state index contributed by atoms with van der Waals surface area (Å²) in [4.78, 5) is 28.1.